The fourth-order valence-electron chi connectivity index (χ4n) is 3.40. The van der Waals surface area contributed by atoms with E-state index in [2.05, 4.69) is 10.3 Å². The Kier molecular flexibility index (Phi) is 5.38. The van der Waals surface area contributed by atoms with Gasteiger partial charge in [-0.05, 0) is 24.3 Å². The van der Waals surface area contributed by atoms with Gasteiger partial charge in [0.2, 0.25) is 11.8 Å². The molecule has 5 nitrogen and oxygen atoms in total. The molecule has 30 heavy (non-hydrogen) atoms. The number of thioether (sulfide) groups is 1. The minimum atomic E-state index is -4.75. The van der Waals surface area contributed by atoms with Crippen molar-refractivity contribution in [3.05, 3.63) is 60.8 Å². The van der Waals surface area contributed by atoms with Crippen LogP contribution in [0, 0.1) is 0 Å². The first-order valence-electron chi connectivity index (χ1n) is 9.09. The maximum absolute atomic E-state index is 13.8. The number of anilines is 2. The van der Waals surface area contributed by atoms with Gasteiger partial charge in [-0.3, -0.25) is 19.5 Å². The number of pyridine rings is 1. The minimum Gasteiger partial charge on any atom is -0.324 e. The van der Waals surface area contributed by atoms with Gasteiger partial charge in [0.1, 0.15) is 6.04 Å². The highest BCUT2D eigenvalue weighted by atomic mass is 32.2. The molecule has 1 aliphatic rings. The lowest BCUT2D eigenvalue weighted by molar-refractivity contribution is -0.157. The summed E-state index contributed by atoms with van der Waals surface area (Å²) in [6.45, 7) is 0. The van der Waals surface area contributed by atoms with Crippen molar-refractivity contribution in [3.63, 3.8) is 0 Å². The number of benzene rings is 2. The molecule has 4 rings (SSSR count). The predicted molar refractivity (Wildman–Crippen MR) is 109 cm³/mol. The van der Waals surface area contributed by atoms with Gasteiger partial charge >= 0.3 is 6.18 Å². The topological polar surface area (TPSA) is 62.3 Å². The van der Waals surface area contributed by atoms with Crippen LogP contribution >= 0.6 is 11.8 Å². The Morgan fingerprint density at radius 2 is 1.87 bits per heavy atom. The van der Waals surface area contributed by atoms with Crippen molar-refractivity contribution in [3.8, 4) is 0 Å². The third kappa shape index (κ3) is 3.97. The minimum absolute atomic E-state index is 0.0378. The molecule has 1 atom stereocenters. The van der Waals surface area contributed by atoms with E-state index in [0.717, 1.165) is 27.6 Å². The third-order valence-electron chi connectivity index (χ3n) is 4.73. The van der Waals surface area contributed by atoms with Crippen LogP contribution in [0.3, 0.4) is 0 Å². The van der Waals surface area contributed by atoms with Gasteiger partial charge in [-0.15, -0.1) is 11.8 Å². The van der Waals surface area contributed by atoms with Crippen LogP contribution in [0.15, 0.2) is 65.7 Å². The molecular formula is C21H16F3N3O2S. The number of alkyl halides is 3. The molecule has 0 saturated heterocycles. The summed E-state index contributed by atoms with van der Waals surface area (Å²) in [5.41, 5.74) is 0.954. The average Bonchev–Trinajstić information content (AvgIpc) is 2.87. The largest absolute Gasteiger partial charge is 0.409 e. The molecule has 1 N–H and O–H groups in total. The molecule has 154 valence electrons. The zero-order chi connectivity index (χ0) is 21.3. The van der Waals surface area contributed by atoms with Gasteiger partial charge in [-0.25, -0.2) is 0 Å². The van der Waals surface area contributed by atoms with E-state index in [-0.39, 0.29) is 17.1 Å². The van der Waals surface area contributed by atoms with E-state index in [4.69, 9.17) is 0 Å². The van der Waals surface area contributed by atoms with E-state index in [1.165, 1.54) is 18.2 Å². The maximum atomic E-state index is 13.8. The smallest absolute Gasteiger partial charge is 0.324 e. The van der Waals surface area contributed by atoms with Crippen LogP contribution < -0.4 is 10.2 Å². The summed E-state index contributed by atoms with van der Waals surface area (Å²) in [6.07, 6.45) is -4.01. The molecule has 0 saturated carbocycles. The van der Waals surface area contributed by atoms with Crippen molar-refractivity contribution in [2.24, 2.45) is 0 Å². The second-order valence-corrected chi connectivity index (χ2v) is 7.72. The molecule has 0 radical (unpaired) electrons. The monoisotopic (exact) mass is 431 g/mol. The van der Waals surface area contributed by atoms with Crippen LogP contribution in [0.5, 0.6) is 0 Å². The fraction of sp³-hybridized carbons (Fsp3) is 0.190. The molecular weight excluding hydrogens is 415 g/mol. The number of para-hydroxylation sites is 3. The molecule has 1 aromatic heterocycles. The summed E-state index contributed by atoms with van der Waals surface area (Å²) in [5, 5.41) is 3.28. The van der Waals surface area contributed by atoms with Gasteiger partial charge in [0.25, 0.3) is 0 Å². The van der Waals surface area contributed by atoms with E-state index in [1.54, 1.807) is 18.3 Å². The Hall–Kier alpha value is -3.07. The standard InChI is InChI=1S/C21H16F3N3O2S/c22-21(23,24)18-11-19(28)26-15-7-3-4-8-16(15)27(18)20(29)12-30-17-9-10-25-14-6-2-1-5-13(14)17/h1-10,18H,11-12H2,(H,26,28). The first-order chi connectivity index (χ1) is 14.3. The molecule has 9 heteroatoms. The highest BCUT2D eigenvalue weighted by Crippen LogP contribution is 2.38. The van der Waals surface area contributed by atoms with Crippen LogP contribution in [0.25, 0.3) is 10.9 Å². The number of hydrogen-bond acceptors (Lipinski definition) is 4. The normalized spacial score (nSPS) is 16.7. The van der Waals surface area contributed by atoms with Crippen molar-refractivity contribution in [1.29, 1.82) is 0 Å². The predicted octanol–water partition coefficient (Wildman–Crippen LogP) is 4.63. The first-order valence-corrected chi connectivity index (χ1v) is 10.1. The number of hydrogen-bond donors (Lipinski definition) is 1. The van der Waals surface area contributed by atoms with Gasteiger partial charge < -0.3 is 5.32 Å². The van der Waals surface area contributed by atoms with Crippen molar-refractivity contribution in [1.82, 2.24) is 4.98 Å². The second-order valence-electron chi connectivity index (χ2n) is 6.71. The van der Waals surface area contributed by atoms with Gasteiger partial charge in [0.05, 0.1) is 29.1 Å². The molecule has 0 bridgehead atoms. The van der Waals surface area contributed by atoms with Gasteiger partial charge in [-0.2, -0.15) is 13.2 Å². The van der Waals surface area contributed by atoms with Crippen LogP contribution in [-0.4, -0.2) is 34.8 Å². The number of nitrogens with zero attached hydrogens (tertiary/aromatic N) is 2. The van der Waals surface area contributed by atoms with Crippen molar-refractivity contribution < 1.29 is 22.8 Å². The molecule has 1 unspecified atom stereocenters. The third-order valence-corrected chi connectivity index (χ3v) is 5.79. The summed E-state index contributed by atoms with van der Waals surface area (Å²) in [6, 6.07) is 12.8. The van der Waals surface area contributed by atoms with Crippen LogP contribution in [0.1, 0.15) is 6.42 Å². The highest BCUT2D eigenvalue weighted by molar-refractivity contribution is 8.00. The number of nitrogens with one attached hydrogen (secondary N) is 1. The Morgan fingerprint density at radius 3 is 2.67 bits per heavy atom. The van der Waals surface area contributed by atoms with Crippen LogP contribution in [0.4, 0.5) is 24.5 Å². The first kappa shape index (κ1) is 20.2. The summed E-state index contributed by atoms with van der Waals surface area (Å²) in [5.74, 6) is -1.73. The number of fused-ring (bicyclic) bond motifs is 2. The van der Waals surface area contributed by atoms with Crippen LogP contribution in [-0.2, 0) is 9.59 Å². The molecule has 2 amide bonds. The van der Waals surface area contributed by atoms with E-state index in [1.807, 2.05) is 24.3 Å². The average molecular weight is 431 g/mol. The Labute approximate surface area is 174 Å². The Balaban J connectivity index is 1.67. The van der Waals surface area contributed by atoms with Crippen LogP contribution in [0.2, 0.25) is 0 Å². The Bertz CT molecular complexity index is 1110. The number of carbonyl (C=O) groups excluding carboxylic acids is 2. The van der Waals surface area contributed by atoms with Crippen molar-refractivity contribution >= 4 is 45.9 Å². The lowest BCUT2D eigenvalue weighted by Gasteiger charge is -2.31. The zero-order valence-corrected chi connectivity index (χ0v) is 16.3. The van der Waals surface area contributed by atoms with Gasteiger partial charge in [0.15, 0.2) is 0 Å². The highest BCUT2D eigenvalue weighted by Gasteiger charge is 2.48. The van der Waals surface area contributed by atoms with Crippen molar-refractivity contribution in [2.75, 3.05) is 16.0 Å². The summed E-state index contributed by atoms with van der Waals surface area (Å²) < 4.78 is 41.3. The molecule has 2 heterocycles. The number of carbonyl (C=O) groups is 2. The van der Waals surface area contributed by atoms with Gasteiger partial charge in [0, 0.05) is 16.5 Å². The zero-order valence-electron chi connectivity index (χ0n) is 15.5. The Morgan fingerprint density at radius 1 is 1.13 bits per heavy atom. The van der Waals surface area contributed by atoms with E-state index in [9.17, 15) is 22.8 Å². The summed E-state index contributed by atoms with van der Waals surface area (Å²) in [4.78, 5) is 30.8. The van der Waals surface area contributed by atoms with E-state index >= 15 is 0 Å². The molecule has 0 aliphatic carbocycles. The fourth-order valence-corrected chi connectivity index (χ4v) is 4.30. The molecule has 3 aromatic rings. The maximum Gasteiger partial charge on any atom is 0.409 e. The molecule has 2 aromatic carbocycles. The summed E-state index contributed by atoms with van der Waals surface area (Å²) >= 11 is 1.14. The number of rotatable bonds is 3. The summed E-state index contributed by atoms with van der Waals surface area (Å²) in [7, 11) is 0. The quantitative estimate of drug-likeness (QED) is 0.614. The number of aromatic nitrogens is 1. The van der Waals surface area contributed by atoms with Crippen molar-refractivity contribution in [2.45, 2.75) is 23.5 Å². The number of amides is 2. The van der Waals surface area contributed by atoms with E-state index < -0.39 is 30.5 Å². The molecule has 0 fully saturated rings. The lowest BCUT2D eigenvalue weighted by Crippen LogP contribution is -2.50. The molecule has 0 spiro atoms. The molecule has 1 aliphatic heterocycles. The second kappa shape index (κ2) is 7.98. The SMILES string of the molecule is O=C1CC(C(F)(F)F)N(C(=O)CSc2ccnc3ccccc23)c2ccccc2N1. The van der Waals surface area contributed by atoms with E-state index in [0.29, 0.717) is 4.90 Å². The lowest BCUT2D eigenvalue weighted by atomic mass is 10.1. The van der Waals surface area contributed by atoms with Gasteiger partial charge in [-0.1, -0.05) is 30.3 Å². The number of halogens is 3.